The Morgan fingerprint density at radius 1 is 1.21 bits per heavy atom. The SMILES string of the molecule is Cc1onc(-c2ccccc2Cl)c1C(=O)NC1CCN(CC2CCCC2)CC1. The molecule has 1 aliphatic heterocycles. The largest absolute Gasteiger partial charge is 0.360 e. The molecule has 4 rings (SSSR count). The Hall–Kier alpha value is -1.85. The fraction of sp³-hybridized carbons (Fsp3) is 0.545. The lowest BCUT2D eigenvalue weighted by molar-refractivity contribution is 0.0905. The van der Waals surface area contributed by atoms with E-state index in [2.05, 4.69) is 15.4 Å². The summed E-state index contributed by atoms with van der Waals surface area (Å²) in [5, 5.41) is 7.86. The molecule has 5 nitrogen and oxygen atoms in total. The maximum atomic E-state index is 13.0. The van der Waals surface area contributed by atoms with Crippen molar-refractivity contribution in [1.29, 1.82) is 0 Å². The van der Waals surface area contributed by atoms with Gasteiger partial charge in [-0.2, -0.15) is 0 Å². The summed E-state index contributed by atoms with van der Waals surface area (Å²) in [6.07, 6.45) is 7.53. The van der Waals surface area contributed by atoms with E-state index in [0.717, 1.165) is 37.4 Å². The molecule has 2 fully saturated rings. The number of rotatable bonds is 5. The van der Waals surface area contributed by atoms with Gasteiger partial charge in [0.2, 0.25) is 0 Å². The highest BCUT2D eigenvalue weighted by Crippen LogP contribution is 2.31. The molecule has 28 heavy (non-hydrogen) atoms. The van der Waals surface area contributed by atoms with Gasteiger partial charge in [0.15, 0.2) is 0 Å². The number of aryl methyl sites for hydroxylation is 1. The van der Waals surface area contributed by atoms with Gasteiger partial charge in [0.1, 0.15) is 17.0 Å². The van der Waals surface area contributed by atoms with E-state index in [1.165, 1.54) is 32.2 Å². The zero-order valence-electron chi connectivity index (χ0n) is 16.4. The van der Waals surface area contributed by atoms with Gasteiger partial charge in [-0.1, -0.05) is 47.8 Å². The standard InChI is InChI=1S/C22H28ClN3O2/c1-15-20(21(25-28-15)18-8-4-5-9-19(18)23)22(27)24-17-10-12-26(13-11-17)14-16-6-2-3-7-16/h4-5,8-9,16-17H,2-3,6-7,10-14H2,1H3,(H,24,27). The van der Waals surface area contributed by atoms with Crippen molar-refractivity contribution < 1.29 is 9.32 Å². The van der Waals surface area contributed by atoms with E-state index in [1.54, 1.807) is 13.0 Å². The van der Waals surface area contributed by atoms with Crippen LogP contribution in [-0.2, 0) is 0 Å². The number of carbonyl (C=O) groups is 1. The second-order valence-corrected chi connectivity index (χ2v) is 8.55. The third-order valence-electron chi connectivity index (χ3n) is 6.13. The average molecular weight is 402 g/mol. The summed E-state index contributed by atoms with van der Waals surface area (Å²) in [7, 11) is 0. The van der Waals surface area contributed by atoms with Crippen LogP contribution >= 0.6 is 11.6 Å². The molecule has 0 unspecified atom stereocenters. The number of amides is 1. The highest BCUT2D eigenvalue weighted by Gasteiger charge is 2.27. The average Bonchev–Trinajstić information content (AvgIpc) is 3.33. The molecule has 0 radical (unpaired) electrons. The van der Waals surface area contributed by atoms with Crippen LogP contribution in [0, 0.1) is 12.8 Å². The van der Waals surface area contributed by atoms with Crippen molar-refractivity contribution in [1.82, 2.24) is 15.4 Å². The van der Waals surface area contributed by atoms with Gasteiger partial charge in [-0.3, -0.25) is 4.79 Å². The lowest BCUT2D eigenvalue weighted by atomic mass is 10.0. The third kappa shape index (κ3) is 4.26. The zero-order valence-corrected chi connectivity index (χ0v) is 17.2. The van der Waals surface area contributed by atoms with Crippen LogP contribution in [0.1, 0.15) is 54.6 Å². The first kappa shape index (κ1) is 19.5. The maximum Gasteiger partial charge on any atom is 0.257 e. The molecule has 0 bridgehead atoms. The number of piperidine rings is 1. The van der Waals surface area contributed by atoms with Crippen molar-refractivity contribution in [3.05, 3.63) is 40.6 Å². The van der Waals surface area contributed by atoms with Crippen molar-refractivity contribution in [3.63, 3.8) is 0 Å². The quantitative estimate of drug-likeness (QED) is 0.789. The minimum Gasteiger partial charge on any atom is -0.360 e. The predicted octanol–water partition coefficient (Wildman–Crippen LogP) is 4.69. The van der Waals surface area contributed by atoms with E-state index in [9.17, 15) is 4.79 Å². The fourth-order valence-electron chi connectivity index (χ4n) is 4.55. The van der Waals surface area contributed by atoms with Gasteiger partial charge in [0.05, 0.1) is 5.02 Å². The molecule has 1 aromatic carbocycles. The summed E-state index contributed by atoms with van der Waals surface area (Å²) in [6, 6.07) is 7.59. The Labute approximate surface area is 171 Å². The number of nitrogens with zero attached hydrogens (tertiary/aromatic N) is 2. The Morgan fingerprint density at radius 3 is 2.64 bits per heavy atom. The molecule has 0 atom stereocenters. The Kier molecular flexibility index (Phi) is 6.02. The molecule has 6 heteroatoms. The molecule has 1 saturated heterocycles. The lowest BCUT2D eigenvalue weighted by Crippen LogP contribution is -2.45. The molecular weight excluding hydrogens is 374 g/mol. The van der Waals surface area contributed by atoms with Crippen LogP contribution in [-0.4, -0.2) is 41.6 Å². The number of hydrogen-bond acceptors (Lipinski definition) is 4. The highest BCUT2D eigenvalue weighted by molar-refractivity contribution is 6.33. The van der Waals surface area contributed by atoms with Gasteiger partial charge in [-0.25, -0.2) is 0 Å². The first-order chi connectivity index (χ1) is 13.6. The monoisotopic (exact) mass is 401 g/mol. The van der Waals surface area contributed by atoms with E-state index in [1.807, 2.05) is 18.2 Å². The number of likely N-dealkylation sites (tertiary alicyclic amines) is 1. The van der Waals surface area contributed by atoms with Crippen LogP contribution in [0.2, 0.25) is 5.02 Å². The molecule has 2 heterocycles. The van der Waals surface area contributed by atoms with Gasteiger partial charge < -0.3 is 14.7 Å². The molecule has 2 aromatic rings. The van der Waals surface area contributed by atoms with Crippen LogP contribution in [0.5, 0.6) is 0 Å². The molecule has 1 amide bonds. The Bertz CT molecular complexity index is 821. The number of benzene rings is 1. The van der Waals surface area contributed by atoms with Crippen LogP contribution in [0.4, 0.5) is 0 Å². The Morgan fingerprint density at radius 2 is 1.93 bits per heavy atom. The van der Waals surface area contributed by atoms with Crippen molar-refractivity contribution >= 4 is 17.5 Å². The van der Waals surface area contributed by atoms with Crippen molar-refractivity contribution in [2.24, 2.45) is 5.92 Å². The summed E-state index contributed by atoms with van der Waals surface area (Å²) in [5.41, 5.74) is 1.72. The van der Waals surface area contributed by atoms with Crippen molar-refractivity contribution in [2.45, 2.75) is 51.5 Å². The van der Waals surface area contributed by atoms with Crippen molar-refractivity contribution in [2.75, 3.05) is 19.6 Å². The Balaban J connectivity index is 1.38. The van der Waals surface area contributed by atoms with Crippen molar-refractivity contribution in [3.8, 4) is 11.3 Å². The third-order valence-corrected chi connectivity index (χ3v) is 6.46. The zero-order chi connectivity index (χ0) is 19.5. The molecule has 150 valence electrons. The normalized spacial score (nSPS) is 19.2. The van der Waals surface area contributed by atoms with Gasteiger partial charge >= 0.3 is 0 Å². The fourth-order valence-corrected chi connectivity index (χ4v) is 4.78. The maximum absolute atomic E-state index is 13.0. The predicted molar refractivity (Wildman–Crippen MR) is 111 cm³/mol. The van der Waals surface area contributed by atoms with E-state index in [-0.39, 0.29) is 11.9 Å². The number of halogens is 1. The van der Waals surface area contributed by atoms with Crippen LogP contribution in [0.15, 0.2) is 28.8 Å². The summed E-state index contributed by atoms with van der Waals surface area (Å²) in [6.45, 7) is 5.11. The van der Waals surface area contributed by atoms with Crippen LogP contribution in [0.3, 0.4) is 0 Å². The first-order valence-electron chi connectivity index (χ1n) is 10.4. The highest BCUT2D eigenvalue weighted by atomic mass is 35.5. The molecule has 2 aliphatic rings. The summed E-state index contributed by atoms with van der Waals surface area (Å²) < 4.78 is 5.33. The summed E-state index contributed by atoms with van der Waals surface area (Å²) >= 11 is 6.30. The second kappa shape index (κ2) is 8.66. The minimum atomic E-state index is -0.122. The van der Waals surface area contributed by atoms with Gasteiger partial charge in [0.25, 0.3) is 5.91 Å². The van der Waals surface area contributed by atoms with E-state index in [4.69, 9.17) is 16.1 Å². The lowest BCUT2D eigenvalue weighted by Gasteiger charge is -2.33. The molecule has 1 aromatic heterocycles. The number of hydrogen-bond donors (Lipinski definition) is 1. The molecule has 1 aliphatic carbocycles. The molecule has 1 saturated carbocycles. The van der Waals surface area contributed by atoms with Gasteiger partial charge in [0, 0.05) is 31.2 Å². The van der Waals surface area contributed by atoms with E-state index < -0.39 is 0 Å². The van der Waals surface area contributed by atoms with Crippen LogP contribution in [0.25, 0.3) is 11.3 Å². The van der Waals surface area contributed by atoms with E-state index >= 15 is 0 Å². The smallest absolute Gasteiger partial charge is 0.257 e. The molecule has 1 N–H and O–H groups in total. The van der Waals surface area contributed by atoms with Gasteiger partial charge in [-0.15, -0.1) is 0 Å². The number of carbonyl (C=O) groups excluding carboxylic acids is 1. The number of nitrogens with one attached hydrogen (secondary N) is 1. The summed E-state index contributed by atoms with van der Waals surface area (Å²) in [4.78, 5) is 15.6. The minimum absolute atomic E-state index is 0.122. The topological polar surface area (TPSA) is 58.4 Å². The van der Waals surface area contributed by atoms with Crippen LogP contribution < -0.4 is 5.32 Å². The van der Waals surface area contributed by atoms with Gasteiger partial charge in [-0.05, 0) is 44.6 Å². The summed E-state index contributed by atoms with van der Waals surface area (Å²) in [5.74, 6) is 1.28. The first-order valence-corrected chi connectivity index (χ1v) is 10.7. The van der Waals surface area contributed by atoms with E-state index in [0.29, 0.717) is 22.0 Å². The molecular formula is C22H28ClN3O2. The number of aromatic nitrogens is 1. The molecule has 0 spiro atoms. The second-order valence-electron chi connectivity index (χ2n) is 8.14.